The Hall–Kier alpha value is -1.32. The summed E-state index contributed by atoms with van der Waals surface area (Å²) in [5, 5.41) is 7.00. The summed E-state index contributed by atoms with van der Waals surface area (Å²) in [6, 6.07) is 0.563. The van der Waals surface area contributed by atoms with Crippen molar-refractivity contribution in [1.29, 1.82) is 0 Å². The summed E-state index contributed by atoms with van der Waals surface area (Å²) in [7, 11) is 0. The molecule has 0 radical (unpaired) electrons. The van der Waals surface area contributed by atoms with Gasteiger partial charge in [0.05, 0.1) is 0 Å². The first-order valence-electron chi connectivity index (χ1n) is 8.02. The molecule has 4 nitrogen and oxygen atoms in total. The molecule has 1 aromatic heterocycles. The zero-order chi connectivity index (χ0) is 14.4. The van der Waals surface area contributed by atoms with Gasteiger partial charge in [0.25, 0.3) is 0 Å². The van der Waals surface area contributed by atoms with E-state index >= 15 is 0 Å². The zero-order valence-corrected chi connectivity index (χ0v) is 13.1. The second-order valence-corrected chi connectivity index (χ2v) is 6.08. The molecule has 112 valence electrons. The molecule has 0 amide bonds. The maximum atomic E-state index is 4.43. The van der Waals surface area contributed by atoms with Gasteiger partial charge in [0.2, 0.25) is 0 Å². The van der Waals surface area contributed by atoms with E-state index in [-0.39, 0.29) is 0 Å². The predicted molar refractivity (Wildman–Crippen MR) is 85.2 cm³/mol. The van der Waals surface area contributed by atoms with E-state index in [9.17, 15) is 0 Å². The van der Waals surface area contributed by atoms with E-state index < -0.39 is 0 Å². The number of anilines is 2. The fourth-order valence-corrected chi connectivity index (χ4v) is 2.84. The van der Waals surface area contributed by atoms with Crippen molar-refractivity contribution in [3.05, 3.63) is 11.9 Å². The Morgan fingerprint density at radius 3 is 2.75 bits per heavy atom. The third kappa shape index (κ3) is 4.09. The molecular weight excluding hydrogens is 248 g/mol. The van der Waals surface area contributed by atoms with E-state index in [0.29, 0.717) is 6.04 Å². The molecule has 20 heavy (non-hydrogen) atoms. The molecule has 1 heterocycles. The second kappa shape index (κ2) is 7.46. The number of hydrogen-bond donors (Lipinski definition) is 2. The van der Waals surface area contributed by atoms with Crippen molar-refractivity contribution in [2.24, 2.45) is 5.92 Å². The number of hydrogen-bond acceptors (Lipinski definition) is 4. The van der Waals surface area contributed by atoms with Crippen LogP contribution in [0.25, 0.3) is 0 Å². The summed E-state index contributed by atoms with van der Waals surface area (Å²) in [5.74, 6) is 2.83. The Morgan fingerprint density at radius 1 is 1.15 bits per heavy atom. The van der Waals surface area contributed by atoms with E-state index in [2.05, 4.69) is 41.4 Å². The second-order valence-electron chi connectivity index (χ2n) is 6.08. The van der Waals surface area contributed by atoms with Gasteiger partial charge in [-0.3, -0.25) is 0 Å². The number of aromatic nitrogens is 2. The fraction of sp³-hybridized carbons (Fsp3) is 0.750. The van der Waals surface area contributed by atoms with Crippen LogP contribution in [0.15, 0.2) is 6.33 Å². The quantitative estimate of drug-likeness (QED) is 0.798. The Kier molecular flexibility index (Phi) is 5.62. The predicted octanol–water partition coefficient (Wildman–Crippen LogP) is 3.99. The van der Waals surface area contributed by atoms with Crippen LogP contribution in [0, 0.1) is 12.8 Å². The summed E-state index contributed by atoms with van der Waals surface area (Å²) in [6.07, 6.45) is 9.28. The Bertz CT molecular complexity index is 419. The molecule has 2 rings (SSSR count). The van der Waals surface area contributed by atoms with Crippen LogP contribution in [0.4, 0.5) is 11.6 Å². The first-order valence-corrected chi connectivity index (χ1v) is 8.02. The molecule has 0 aromatic carbocycles. The maximum absolute atomic E-state index is 4.43. The van der Waals surface area contributed by atoms with Crippen LogP contribution in [-0.2, 0) is 0 Å². The third-order valence-electron chi connectivity index (χ3n) is 4.22. The molecule has 2 N–H and O–H groups in total. The first-order chi connectivity index (χ1) is 9.70. The summed E-state index contributed by atoms with van der Waals surface area (Å²) in [4.78, 5) is 8.77. The van der Waals surface area contributed by atoms with Gasteiger partial charge in [-0.1, -0.05) is 26.7 Å². The van der Waals surface area contributed by atoms with E-state index in [4.69, 9.17) is 0 Å². The SMILES string of the molecule is CCCNc1ncnc(NC2CCCC(C)CC2)c1C. The minimum absolute atomic E-state index is 0.563. The lowest BCUT2D eigenvalue weighted by Gasteiger charge is -2.19. The monoisotopic (exact) mass is 276 g/mol. The summed E-state index contributed by atoms with van der Waals surface area (Å²) < 4.78 is 0. The molecule has 0 spiro atoms. The Labute approximate surface area is 122 Å². The van der Waals surface area contributed by atoms with E-state index in [0.717, 1.165) is 36.1 Å². The lowest BCUT2D eigenvalue weighted by molar-refractivity contribution is 0.502. The van der Waals surface area contributed by atoms with Gasteiger partial charge in [0.1, 0.15) is 18.0 Å². The van der Waals surface area contributed by atoms with Crippen LogP contribution in [-0.4, -0.2) is 22.6 Å². The van der Waals surface area contributed by atoms with Crippen LogP contribution < -0.4 is 10.6 Å². The van der Waals surface area contributed by atoms with Crippen LogP contribution >= 0.6 is 0 Å². The lowest BCUT2D eigenvalue weighted by atomic mass is 10.0. The Balaban J connectivity index is 2.01. The smallest absolute Gasteiger partial charge is 0.134 e. The molecular formula is C16H28N4. The van der Waals surface area contributed by atoms with Crippen LogP contribution in [0.5, 0.6) is 0 Å². The van der Waals surface area contributed by atoms with Gasteiger partial charge < -0.3 is 10.6 Å². The van der Waals surface area contributed by atoms with Crippen molar-refractivity contribution in [2.75, 3.05) is 17.2 Å². The minimum Gasteiger partial charge on any atom is -0.370 e. The van der Waals surface area contributed by atoms with Gasteiger partial charge in [-0.15, -0.1) is 0 Å². The highest BCUT2D eigenvalue weighted by Crippen LogP contribution is 2.26. The molecule has 2 unspecified atom stereocenters. The van der Waals surface area contributed by atoms with Crippen molar-refractivity contribution in [1.82, 2.24) is 9.97 Å². The van der Waals surface area contributed by atoms with Crippen molar-refractivity contribution in [2.45, 2.75) is 65.3 Å². The van der Waals surface area contributed by atoms with Gasteiger partial charge in [-0.05, 0) is 38.5 Å². The minimum atomic E-state index is 0.563. The van der Waals surface area contributed by atoms with Crippen LogP contribution in [0.2, 0.25) is 0 Å². The van der Waals surface area contributed by atoms with E-state index in [1.165, 1.54) is 32.1 Å². The van der Waals surface area contributed by atoms with Crippen LogP contribution in [0.1, 0.15) is 57.9 Å². The van der Waals surface area contributed by atoms with Crippen molar-refractivity contribution in [3.8, 4) is 0 Å². The molecule has 1 aromatic rings. The number of nitrogens with zero attached hydrogens (tertiary/aromatic N) is 2. The standard InChI is InChI=1S/C16H28N4/c1-4-10-17-15-13(3)16(19-11-18-15)20-14-7-5-6-12(2)8-9-14/h11-12,14H,4-10H2,1-3H3,(H2,17,18,19,20). The molecule has 2 atom stereocenters. The average molecular weight is 276 g/mol. The van der Waals surface area contributed by atoms with E-state index in [1.807, 2.05) is 0 Å². The van der Waals surface area contributed by atoms with Crippen molar-refractivity contribution >= 4 is 11.6 Å². The zero-order valence-electron chi connectivity index (χ0n) is 13.1. The van der Waals surface area contributed by atoms with Gasteiger partial charge >= 0.3 is 0 Å². The highest BCUT2D eigenvalue weighted by molar-refractivity contribution is 5.56. The largest absolute Gasteiger partial charge is 0.370 e. The molecule has 0 bridgehead atoms. The molecule has 1 aliphatic rings. The third-order valence-corrected chi connectivity index (χ3v) is 4.22. The topological polar surface area (TPSA) is 49.8 Å². The first kappa shape index (κ1) is 15.1. The average Bonchev–Trinajstić information content (AvgIpc) is 2.65. The van der Waals surface area contributed by atoms with Crippen LogP contribution in [0.3, 0.4) is 0 Å². The van der Waals surface area contributed by atoms with Gasteiger partial charge in [0, 0.05) is 18.2 Å². The van der Waals surface area contributed by atoms with Crippen molar-refractivity contribution < 1.29 is 0 Å². The normalized spacial score (nSPS) is 23.1. The molecule has 4 heteroatoms. The van der Waals surface area contributed by atoms with Gasteiger partial charge in [-0.25, -0.2) is 9.97 Å². The number of nitrogens with one attached hydrogen (secondary N) is 2. The molecule has 0 aliphatic heterocycles. The highest BCUT2D eigenvalue weighted by atomic mass is 15.1. The number of rotatable bonds is 5. The van der Waals surface area contributed by atoms with Crippen molar-refractivity contribution in [3.63, 3.8) is 0 Å². The summed E-state index contributed by atoms with van der Waals surface area (Å²) >= 11 is 0. The summed E-state index contributed by atoms with van der Waals surface area (Å²) in [6.45, 7) is 7.58. The fourth-order valence-electron chi connectivity index (χ4n) is 2.84. The maximum Gasteiger partial charge on any atom is 0.134 e. The van der Waals surface area contributed by atoms with E-state index in [1.54, 1.807) is 6.33 Å². The Morgan fingerprint density at radius 2 is 1.95 bits per heavy atom. The molecule has 1 saturated carbocycles. The van der Waals surface area contributed by atoms with Gasteiger partial charge in [-0.2, -0.15) is 0 Å². The van der Waals surface area contributed by atoms with Gasteiger partial charge in [0.15, 0.2) is 0 Å². The molecule has 0 saturated heterocycles. The highest BCUT2D eigenvalue weighted by Gasteiger charge is 2.17. The molecule has 1 fully saturated rings. The molecule has 1 aliphatic carbocycles. The summed E-state index contributed by atoms with van der Waals surface area (Å²) in [5.41, 5.74) is 1.14. The lowest BCUT2D eigenvalue weighted by Crippen LogP contribution is -2.20.